The molecule has 0 saturated heterocycles. The van der Waals surface area contributed by atoms with E-state index in [1.54, 1.807) is 18.2 Å². The third-order valence-corrected chi connectivity index (χ3v) is 3.61. The molecule has 0 bridgehead atoms. The van der Waals surface area contributed by atoms with Crippen LogP contribution in [0.2, 0.25) is 0 Å². The number of hydrogen-bond acceptors (Lipinski definition) is 6. The third-order valence-electron chi connectivity index (χ3n) is 3.61. The Morgan fingerprint density at radius 3 is 2.68 bits per heavy atom. The van der Waals surface area contributed by atoms with Crippen LogP contribution in [0.5, 0.6) is 5.75 Å². The molecule has 3 aromatic carbocycles. The predicted molar refractivity (Wildman–Crippen MR) is 91.4 cm³/mol. The van der Waals surface area contributed by atoms with E-state index in [4.69, 9.17) is 9.94 Å². The molecule has 25 heavy (non-hydrogen) atoms. The highest BCUT2D eigenvalue weighted by Crippen LogP contribution is 2.27. The van der Waals surface area contributed by atoms with Gasteiger partial charge in [0.2, 0.25) is 0 Å². The van der Waals surface area contributed by atoms with Crippen molar-refractivity contribution >= 4 is 28.6 Å². The molecule has 7 nitrogen and oxygen atoms in total. The molecule has 0 aliphatic heterocycles. The summed E-state index contributed by atoms with van der Waals surface area (Å²) in [6.07, 6.45) is 1.18. The minimum Gasteiger partial charge on any atom is -0.422 e. The maximum atomic E-state index is 12.3. The Hall–Kier alpha value is -3.74. The van der Waals surface area contributed by atoms with E-state index < -0.39 is 10.9 Å². The number of hydrogen-bond donors (Lipinski definition) is 1. The maximum Gasteiger partial charge on any atom is 0.343 e. The summed E-state index contributed by atoms with van der Waals surface area (Å²) in [5.74, 6) is -0.556. The Kier molecular flexibility index (Phi) is 4.38. The fraction of sp³-hybridized carbons (Fsp3) is 0. The molecule has 0 aliphatic carbocycles. The van der Waals surface area contributed by atoms with Crippen molar-refractivity contribution in [2.45, 2.75) is 0 Å². The molecule has 3 rings (SSSR count). The molecule has 0 unspecified atom stereocenters. The van der Waals surface area contributed by atoms with E-state index >= 15 is 0 Å². The third kappa shape index (κ3) is 3.30. The second-order valence-electron chi connectivity index (χ2n) is 5.14. The van der Waals surface area contributed by atoms with Crippen LogP contribution in [0.4, 0.5) is 5.69 Å². The van der Waals surface area contributed by atoms with Crippen molar-refractivity contribution in [1.82, 2.24) is 0 Å². The Morgan fingerprint density at radius 1 is 1.12 bits per heavy atom. The number of carbonyl (C=O) groups excluding carboxylic acids is 1. The molecule has 0 fully saturated rings. The minimum atomic E-state index is -0.744. The summed E-state index contributed by atoms with van der Waals surface area (Å²) in [5, 5.41) is 24.4. The van der Waals surface area contributed by atoms with Gasteiger partial charge >= 0.3 is 5.97 Å². The summed E-state index contributed by atoms with van der Waals surface area (Å²) < 4.78 is 5.36. The lowest BCUT2D eigenvalue weighted by atomic mass is 10.0. The molecule has 124 valence electrons. The highest BCUT2D eigenvalue weighted by atomic mass is 16.6. The molecule has 0 spiro atoms. The molecule has 3 aromatic rings. The van der Waals surface area contributed by atoms with Gasteiger partial charge in [0.1, 0.15) is 5.75 Å². The number of non-ortho nitro benzene ring substituents is 1. The molecular formula is C18H12N2O5. The van der Waals surface area contributed by atoms with Crippen LogP contribution >= 0.6 is 0 Å². The van der Waals surface area contributed by atoms with Crippen molar-refractivity contribution < 1.29 is 19.7 Å². The maximum absolute atomic E-state index is 12.3. The first-order valence-corrected chi connectivity index (χ1v) is 7.26. The molecular weight excluding hydrogens is 324 g/mol. The highest BCUT2D eigenvalue weighted by Gasteiger charge is 2.16. The average Bonchev–Trinajstić information content (AvgIpc) is 2.63. The van der Waals surface area contributed by atoms with E-state index in [0.717, 1.165) is 16.8 Å². The fourth-order valence-electron chi connectivity index (χ4n) is 2.46. The zero-order valence-electron chi connectivity index (χ0n) is 12.8. The first-order valence-electron chi connectivity index (χ1n) is 7.26. The van der Waals surface area contributed by atoms with Crippen molar-refractivity contribution in [1.29, 1.82) is 0 Å². The topological polar surface area (TPSA) is 102 Å². The van der Waals surface area contributed by atoms with E-state index in [2.05, 4.69) is 5.16 Å². The van der Waals surface area contributed by atoms with E-state index in [1.807, 2.05) is 18.2 Å². The monoisotopic (exact) mass is 336 g/mol. The van der Waals surface area contributed by atoms with Gasteiger partial charge in [-0.3, -0.25) is 10.1 Å². The van der Waals surface area contributed by atoms with Gasteiger partial charge < -0.3 is 9.94 Å². The van der Waals surface area contributed by atoms with Gasteiger partial charge in [-0.05, 0) is 22.9 Å². The zero-order valence-corrected chi connectivity index (χ0v) is 12.8. The summed E-state index contributed by atoms with van der Waals surface area (Å²) in [7, 11) is 0. The number of esters is 1. The van der Waals surface area contributed by atoms with Crippen LogP contribution in [-0.2, 0) is 0 Å². The molecule has 0 heterocycles. The summed E-state index contributed by atoms with van der Waals surface area (Å²) in [6, 6.07) is 15.9. The molecule has 0 aliphatic rings. The molecule has 0 atom stereocenters. The lowest BCUT2D eigenvalue weighted by molar-refractivity contribution is -0.384. The van der Waals surface area contributed by atoms with Gasteiger partial charge in [0.05, 0.1) is 16.7 Å². The van der Waals surface area contributed by atoms with Gasteiger partial charge in [-0.2, -0.15) is 0 Å². The van der Waals surface area contributed by atoms with Crippen LogP contribution in [0.3, 0.4) is 0 Å². The van der Waals surface area contributed by atoms with Crippen molar-refractivity contribution in [3.8, 4) is 5.75 Å². The quantitative estimate of drug-likeness (QED) is 0.195. The van der Waals surface area contributed by atoms with E-state index in [9.17, 15) is 14.9 Å². The van der Waals surface area contributed by atoms with E-state index in [0.29, 0.717) is 5.56 Å². The summed E-state index contributed by atoms with van der Waals surface area (Å²) >= 11 is 0. The predicted octanol–water partition coefficient (Wildman–Crippen LogP) is 3.78. The van der Waals surface area contributed by atoms with E-state index in [-0.39, 0.29) is 17.0 Å². The van der Waals surface area contributed by atoms with Crippen molar-refractivity contribution in [3.63, 3.8) is 0 Å². The molecule has 1 N–H and O–H groups in total. The summed E-state index contributed by atoms with van der Waals surface area (Å²) in [4.78, 5) is 22.6. The molecule has 0 aromatic heterocycles. The van der Waals surface area contributed by atoms with Crippen LogP contribution in [-0.4, -0.2) is 22.3 Å². The van der Waals surface area contributed by atoms with Gasteiger partial charge in [0, 0.05) is 17.7 Å². The lowest BCUT2D eigenvalue weighted by Crippen LogP contribution is -2.10. The zero-order chi connectivity index (χ0) is 17.8. The van der Waals surface area contributed by atoms with E-state index in [1.165, 1.54) is 24.4 Å². The lowest BCUT2D eigenvalue weighted by Gasteiger charge is -2.10. The number of nitro groups is 1. The first-order chi connectivity index (χ1) is 12.1. The van der Waals surface area contributed by atoms with Gasteiger partial charge in [0.25, 0.3) is 5.69 Å². The smallest absolute Gasteiger partial charge is 0.343 e. The van der Waals surface area contributed by atoms with Crippen LogP contribution < -0.4 is 4.74 Å². The summed E-state index contributed by atoms with van der Waals surface area (Å²) in [6.45, 7) is 0. The Morgan fingerprint density at radius 2 is 1.92 bits per heavy atom. The van der Waals surface area contributed by atoms with Gasteiger partial charge in [-0.15, -0.1) is 0 Å². The normalized spacial score (nSPS) is 10.9. The minimum absolute atomic E-state index is 0.0502. The molecule has 0 saturated carbocycles. The first kappa shape index (κ1) is 16.1. The molecule has 0 amide bonds. The number of benzene rings is 3. The number of oxime groups is 1. The van der Waals surface area contributed by atoms with Crippen LogP contribution in [0.1, 0.15) is 15.9 Å². The Bertz CT molecular complexity index is 998. The van der Waals surface area contributed by atoms with Crippen molar-refractivity contribution in [3.05, 3.63) is 81.9 Å². The second-order valence-corrected chi connectivity index (χ2v) is 5.14. The highest BCUT2D eigenvalue weighted by molar-refractivity contribution is 6.03. The number of nitro benzene ring substituents is 1. The average molecular weight is 336 g/mol. The fourth-order valence-corrected chi connectivity index (χ4v) is 2.46. The van der Waals surface area contributed by atoms with Gasteiger partial charge in [-0.1, -0.05) is 41.6 Å². The van der Waals surface area contributed by atoms with Crippen LogP contribution in [0.25, 0.3) is 10.8 Å². The number of fused-ring (bicyclic) bond motifs is 1. The second kappa shape index (κ2) is 6.79. The van der Waals surface area contributed by atoms with Crippen molar-refractivity contribution in [2.75, 3.05) is 0 Å². The largest absolute Gasteiger partial charge is 0.422 e. The Labute approximate surface area is 141 Å². The number of ether oxygens (including phenoxy) is 1. The van der Waals surface area contributed by atoms with Crippen molar-refractivity contribution in [2.24, 2.45) is 5.16 Å². The van der Waals surface area contributed by atoms with Crippen LogP contribution in [0.15, 0.2) is 65.8 Å². The summed E-state index contributed by atoms with van der Waals surface area (Å²) in [5.41, 5.74) is 0.277. The van der Waals surface area contributed by atoms with Crippen LogP contribution in [0, 0.1) is 10.1 Å². The number of carbonyl (C=O) groups is 1. The van der Waals surface area contributed by atoms with Gasteiger partial charge in [0.15, 0.2) is 0 Å². The molecule has 7 heteroatoms. The SMILES string of the molecule is O=C(Oc1ccc2ccccc2c1C=NO)c1cccc([N+](=O)[O-])c1. The Balaban J connectivity index is 2.00. The number of rotatable bonds is 4. The standard InChI is InChI=1S/C18H12N2O5/c21-18(13-5-3-6-14(10-13)20(23)24)25-17-9-8-12-4-1-2-7-15(12)16(17)11-19-22/h1-11,22H. The number of nitrogens with zero attached hydrogens (tertiary/aromatic N) is 2. The van der Waals surface area contributed by atoms with Gasteiger partial charge in [-0.25, -0.2) is 4.79 Å². The molecule has 0 radical (unpaired) electrons.